The molecule has 0 atom stereocenters. The Morgan fingerprint density at radius 2 is 1.90 bits per heavy atom. The molecule has 1 aromatic carbocycles. The maximum atomic E-state index is 14.8. The van der Waals surface area contributed by atoms with Gasteiger partial charge in [0.05, 0.1) is 25.6 Å². The molecule has 1 saturated heterocycles. The quantitative estimate of drug-likeness (QED) is 0.313. The standard InChI is InChI=1S/C29H33F3N4O6/c1-3-40-27(38)29(32)7-10-35(11-8-29)12-13-41-20-6-9-36-21(17-33-24(36)16-20)18-14-22(39-2)25(23(15-18)42-28(30)31)26(37)34-19-4-5-19/h6,9,14-17,19,28H,3-5,7-8,10-13H2,1-2H3,(H,34,37). The van der Waals surface area contributed by atoms with Crippen LogP contribution in [-0.4, -0.2) is 84.4 Å². The lowest BCUT2D eigenvalue weighted by molar-refractivity contribution is -0.160. The Morgan fingerprint density at radius 3 is 2.57 bits per heavy atom. The van der Waals surface area contributed by atoms with E-state index in [1.54, 1.807) is 41.9 Å². The SMILES string of the molecule is CCOC(=O)C1(F)CCN(CCOc2ccn3c(-c4cc(OC)c(C(=O)NC5CC5)c(OC(F)F)c4)cnc3c2)CC1. The molecule has 1 aliphatic heterocycles. The van der Waals surface area contributed by atoms with Crippen LogP contribution in [0.15, 0.2) is 36.7 Å². The van der Waals surface area contributed by atoms with Gasteiger partial charge in [-0.15, -0.1) is 0 Å². The van der Waals surface area contributed by atoms with Crippen LogP contribution < -0.4 is 19.5 Å². The Morgan fingerprint density at radius 1 is 1.17 bits per heavy atom. The summed E-state index contributed by atoms with van der Waals surface area (Å²) in [6, 6.07) is 6.45. The van der Waals surface area contributed by atoms with Crippen LogP contribution in [0, 0.1) is 0 Å². The van der Waals surface area contributed by atoms with Gasteiger partial charge in [0.15, 0.2) is 0 Å². The molecular weight excluding hydrogens is 557 g/mol. The van der Waals surface area contributed by atoms with E-state index in [4.69, 9.17) is 18.9 Å². The summed E-state index contributed by atoms with van der Waals surface area (Å²) in [6.07, 6.45) is 5.13. The summed E-state index contributed by atoms with van der Waals surface area (Å²) in [7, 11) is 1.36. The molecule has 10 nitrogen and oxygen atoms in total. The number of carbonyl (C=O) groups excluding carboxylic acids is 2. The number of nitrogens with zero attached hydrogens (tertiary/aromatic N) is 3. The third kappa shape index (κ3) is 6.56. The summed E-state index contributed by atoms with van der Waals surface area (Å²) in [4.78, 5) is 31.2. The second-order valence-corrected chi connectivity index (χ2v) is 10.3. The molecule has 2 aromatic heterocycles. The monoisotopic (exact) mass is 590 g/mol. The van der Waals surface area contributed by atoms with Gasteiger partial charge in [0.25, 0.3) is 5.91 Å². The van der Waals surface area contributed by atoms with Crippen LogP contribution >= 0.6 is 0 Å². The van der Waals surface area contributed by atoms with E-state index in [1.807, 2.05) is 4.90 Å². The number of imidazole rings is 1. The maximum Gasteiger partial charge on any atom is 0.387 e. The van der Waals surface area contributed by atoms with Crippen molar-refractivity contribution in [1.29, 1.82) is 0 Å². The summed E-state index contributed by atoms with van der Waals surface area (Å²) in [5.41, 5.74) is -0.458. The number of carbonyl (C=O) groups is 2. The second-order valence-electron chi connectivity index (χ2n) is 10.3. The van der Waals surface area contributed by atoms with Gasteiger partial charge < -0.3 is 24.3 Å². The van der Waals surface area contributed by atoms with E-state index < -0.39 is 24.2 Å². The lowest BCUT2D eigenvalue weighted by atomic mass is 9.93. The fourth-order valence-electron chi connectivity index (χ4n) is 4.95. The van der Waals surface area contributed by atoms with Gasteiger partial charge in [-0.1, -0.05) is 0 Å². The lowest BCUT2D eigenvalue weighted by Crippen LogP contribution is -2.48. The zero-order chi connectivity index (χ0) is 29.9. The molecule has 42 heavy (non-hydrogen) atoms. The summed E-state index contributed by atoms with van der Waals surface area (Å²) < 4.78 is 64.0. The average Bonchev–Trinajstić information content (AvgIpc) is 3.68. The molecule has 5 rings (SSSR count). The van der Waals surface area contributed by atoms with Crippen molar-refractivity contribution in [1.82, 2.24) is 19.6 Å². The van der Waals surface area contributed by atoms with E-state index in [1.165, 1.54) is 13.2 Å². The molecule has 1 aliphatic carbocycles. The largest absolute Gasteiger partial charge is 0.496 e. The van der Waals surface area contributed by atoms with Crippen molar-refractivity contribution < 1.29 is 41.7 Å². The van der Waals surface area contributed by atoms with Crippen LogP contribution in [0.5, 0.6) is 17.2 Å². The Kier molecular flexibility index (Phi) is 8.76. The van der Waals surface area contributed by atoms with Crippen molar-refractivity contribution in [2.75, 3.05) is 40.0 Å². The highest BCUT2D eigenvalue weighted by Gasteiger charge is 2.43. The summed E-state index contributed by atoms with van der Waals surface area (Å²) in [5.74, 6) is -0.962. The molecule has 1 N–H and O–H groups in total. The number of esters is 1. The van der Waals surface area contributed by atoms with Gasteiger partial charge in [0, 0.05) is 56.3 Å². The minimum absolute atomic E-state index is 0.0160. The maximum absolute atomic E-state index is 14.8. The van der Waals surface area contributed by atoms with Crippen LogP contribution in [0.25, 0.3) is 16.9 Å². The number of ether oxygens (including phenoxy) is 4. The van der Waals surface area contributed by atoms with Crippen LogP contribution in [0.2, 0.25) is 0 Å². The fraction of sp³-hybridized carbons (Fsp3) is 0.483. The van der Waals surface area contributed by atoms with Crippen LogP contribution in [-0.2, 0) is 9.53 Å². The third-order valence-electron chi connectivity index (χ3n) is 7.39. The predicted octanol–water partition coefficient (Wildman–Crippen LogP) is 4.25. The highest BCUT2D eigenvalue weighted by molar-refractivity contribution is 6.01. The number of benzene rings is 1. The zero-order valence-electron chi connectivity index (χ0n) is 23.4. The predicted molar refractivity (Wildman–Crippen MR) is 146 cm³/mol. The minimum Gasteiger partial charge on any atom is -0.496 e. The lowest BCUT2D eigenvalue weighted by Gasteiger charge is -2.34. The molecule has 0 radical (unpaired) electrons. The average molecular weight is 591 g/mol. The molecule has 0 spiro atoms. The van der Waals surface area contributed by atoms with E-state index in [9.17, 15) is 22.8 Å². The molecule has 2 aliphatic rings. The molecule has 0 unspecified atom stereocenters. The van der Waals surface area contributed by atoms with Gasteiger partial charge in [-0.05, 0) is 38.0 Å². The number of piperidine rings is 1. The summed E-state index contributed by atoms with van der Waals surface area (Å²) in [6.45, 7) is 0.407. The number of hydrogen-bond acceptors (Lipinski definition) is 8. The number of likely N-dealkylation sites (tertiary alicyclic amines) is 1. The first-order chi connectivity index (χ1) is 20.2. The van der Waals surface area contributed by atoms with Crippen molar-refractivity contribution in [3.05, 3.63) is 42.2 Å². The number of rotatable bonds is 12. The van der Waals surface area contributed by atoms with E-state index in [0.717, 1.165) is 12.8 Å². The number of alkyl halides is 3. The van der Waals surface area contributed by atoms with Crippen LogP contribution in [0.1, 0.15) is 43.0 Å². The number of aromatic nitrogens is 2. The zero-order valence-corrected chi connectivity index (χ0v) is 23.4. The Bertz CT molecular complexity index is 1440. The van der Waals surface area contributed by atoms with Crippen molar-refractivity contribution in [3.8, 4) is 28.5 Å². The summed E-state index contributed by atoms with van der Waals surface area (Å²) >= 11 is 0. The first-order valence-electron chi connectivity index (χ1n) is 13.9. The second kappa shape index (κ2) is 12.5. The molecule has 1 amide bonds. The van der Waals surface area contributed by atoms with Crippen LogP contribution in [0.4, 0.5) is 13.2 Å². The molecule has 2 fully saturated rings. The topological polar surface area (TPSA) is 104 Å². The molecule has 0 bridgehead atoms. The molecular formula is C29H33F3N4O6. The van der Waals surface area contributed by atoms with E-state index in [0.29, 0.717) is 48.9 Å². The minimum atomic E-state index is -3.14. The van der Waals surface area contributed by atoms with Gasteiger partial charge in [0.1, 0.15) is 35.1 Å². The molecule has 3 heterocycles. The molecule has 1 saturated carbocycles. The highest BCUT2D eigenvalue weighted by Crippen LogP contribution is 2.37. The number of fused-ring (bicyclic) bond motifs is 1. The van der Waals surface area contributed by atoms with Gasteiger partial charge in [0.2, 0.25) is 5.67 Å². The van der Waals surface area contributed by atoms with Gasteiger partial charge in [-0.2, -0.15) is 8.78 Å². The third-order valence-corrected chi connectivity index (χ3v) is 7.39. The molecule has 3 aromatic rings. The molecule has 226 valence electrons. The highest BCUT2D eigenvalue weighted by atomic mass is 19.3. The molecule has 13 heteroatoms. The summed E-state index contributed by atoms with van der Waals surface area (Å²) in [5, 5.41) is 2.79. The van der Waals surface area contributed by atoms with Crippen molar-refractivity contribution in [2.24, 2.45) is 0 Å². The van der Waals surface area contributed by atoms with E-state index in [2.05, 4.69) is 10.3 Å². The first-order valence-corrected chi connectivity index (χ1v) is 13.9. The van der Waals surface area contributed by atoms with E-state index in [-0.39, 0.29) is 42.6 Å². The number of amides is 1. The number of hydrogen-bond donors (Lipinski definition) is 1. The number of halogens is 3. The normalized spacial score (nSPS) is 16.8. The Balaban J connectivity index is 1.27. The fourth-order valence-corrected chi connectivity index (χ4v) is 4.95. The van der Waals surface area contributed by atoms with Gasteiger partial charge >= 0.3 is 12.6 Å². The Hall–Kier alpha value is -4.00. The van der Waals surface area contributed by atoms with Crippen molar-refractivity contribution in [3.63, 3.8) is 0 Å². The first kappa shape index (κ1) is 29.5. The van der Waals surface area contributed by atoms with Crippen molar-refractivity contribution >= 4 is 17.5 Å². The number of pyridine rings is 1. The smallest absolute Gasteiger partial charge is 0.387 e. The van der Waals surface area contributed by atoms with Crippen molar-refractivity contribution in [2.45, 2.75) is 50.9 Å². The number of methoxy groups -OCH3 is 1. The Labute approximate surface area is 240 Å². The van der Waals surface area contributed by atoms with Crippen LogP contribution in [0.3, 0.4) is 0 Å². The van der Waals surface area contributed by atoms with E-state index >= 15 is 0 Å². The van der Waals surface area contributed by atoms with Gasteiger partial charge in [-0.25, -0.2) is 14.2 Å². The van der Waals surface area contributed by atoms with Gasteiger partial charge in [-0.3, -0.25) is 14.1 Å². The number of nitrogens with one attached hydrogen (secondary N) is 1.